The normalized spacial score (nSPS) is 11.5. The highest BCUT2D eigenvalue weighted by Gasteiger charge is 2.11. The Bertz CT molecular complexity index is 864. The van der Waals surface area contributed by atoms with E-state index < -0.39 is 0 Å². The molecular formula is C20H22ClN3. The number of hydrogen-bond acceptors (Lipinski definition) is 2. The van der Waals surface area contributed by atoms with Crippen molar-refractivity contribution in [2.24, 2.45) is 5.10 Å². The van der Waals surface area contributed by atoms with Crippen molar-refractivity contribution in [3.63, 3.8) is 0 Å². The van der Waals surface area contributed by atoms with Crippen molar-refractivity contribution in [2.75, 3.05) is 0 Å². The largest absolute Gasteiger partial charge is 0.344 e. The van der Waals surface area contributed by atoms with Crippen molar-refractivity contribution in [1.29, 1.82) is 0 Å². The molecule has 0 aliphatic rings. The molecule has 3 rings (SSSR count). The number of nitrogens with zero attached hydrogens (tertiary/aromatic N) is 2. The van der Waals surface area contributed by atoms with Gasteiger partial charge in [-0.25, -0.2) is 0 Å². The molecule has 0 atom stereocenters. The molecule has 24 heavy (non-hydrogen) atoms. The van der Waals surface area contributed by atoms with E-state index in [0.29, 0.717) is 6.54 Å². The minimum absolute atomic E-state index is 0.614. The van der Waals surface area contributed by atoms with Crippen molar-refractivity contribution in [3.8, 4) is 0 Å². The molecule has 0 saturated carbocycles. The van der Waals surface area contributed by atoms with Crippen molar-refractivity contribution in [1.82, 2.24) is 9.99 Å². The molecule has 0 aliphatic heterocycles. The molecule has 2 aromatic carbocycles. The fraction of sp³-hybridized carbons (Fsp3) is 0.250. The van der Waals surface area contributed by atoms with Crippen molar-refractivity contribution < 1.29 is 0 Å². The average Bonchev–Trinajstić information content (AvgIpc) is 2.86. The van der Waals surface area contributed by atoms with Gasteiger partial charge in [0.15, 0.2) is 0 Å². The first-order chi connectivity index (χ1) is 11.7. The average molecular weight is 340 g/mol. The Morgan fingerprint density at radius 2 is 1.88 bits per heavy atom. The minimum atomic E-state index is 0.614. The number of hydrogen-bond donors (Lipinski definition) is 1. The maximum Gasteiger partial charge on any atom is 0.0594 e. The van der Waals surface area contributed by atoms with E-state index in [1.54, 1.807) is 0 Å². The van der Waals surface area contributed by atoms with Crippen molar-refractivity contribution >= 4 is 28.7 Å². The van der Waals surface area contributed by atoms with E-state index in [1.165, 1.54) is 22.2 Å². The van der Waals surface area contributed by atoms with E-state index in [-0.39, 0.29) is 0 Å². The summed E-state index contributed by atoms with van der Waals surface area (Å²) in [6, 6.07) is 16.3. The Hall–Kier alpha value is -2.26. The predicted octanol–water partition coefficient (Wildman–Crippen LogP) is 5.14. The second kappa shape index (κ2) is 7.54. The summed E-state index contributed by atoms with van der Waals surface area (Å²) in [4.78, 5) is 0. The van der Waals surface area contributed by atoms with Gasteiger partial charge in [0.2, 0.25) is 0 Å². The van der Waals surface area contributed by atoms with Crippen LogP contribution in [0.5, 0.6) is 0 Å². The van der Waals surface area contributed by atoms with Gasteiger partial charge in [-0.05, 0) is 31.0 Å². The number of rotatable bonds is 6. The highest BCUT2D eigenvalue weighted by molar-refractivity contribution is 6.31. The van der Waals surface area contributed by atoms with Gasteiger partial charge in [0.1, 0.15) is 0 Å². The molecule has 0 unspecified atom stereocenters. The number of aromatic nitrogens is 1. The summed E-state index contributed by atoms with van der Waals surface area (Å²) in [6.45, 7) is 5.99. The van der Waals surface area contributed by atoms with Crippen molar-refractivity contribution in [3.05, 3.63) is 70.4 Å². The molecule has 1 aromatic heterocycles. The van der Waals surface area contributed by atoms with Gasteiger partial charge in [0, 0.05) is 33.7 Å². The van der Waals surface area contributed by atoms with Gasteiger partial charge in [-0.15, -0.1) is 0 Å². The molecular weight excluding hydrogens is 318 g/mol. The highest BCUT2D eigenvalue weighted by atomic mass is 35.5. The van der Waals surface area contributed by atoms with E-state index in [0.717, 1.165) is 23.6 Å². The second-order valence-corrected chi connectivity index (χ2v) is 6.26. The molecule has 0 saturated heterocycles. The van der Waals surface area contributed by atoms with Crippen LogP contribution in [0.1, 0.15) is 30.2 Å². The molecule has 4 heteroatoms. The van der Waals surface area contributed by atoms with Crippen LogP contribution in [-0.2, 0) is 13.1 Å². The summed E-state index contributed by atoms with van der Waals surface area (Å²) in [5, 5.41) is 6.42. The van der Waals surface area contributed by atoms with Crippen molar-refractivity contribution in [2.45, 2.75) is 33.4 Å². The summed E-state index contributed by atoms with van der Waals surface area (Å²) in [7, 11) is 0. The number of para-hydroxylation sites is 1. The number of halogens is 1. The zero-order valence-electron chi connectivity index (χ0n) is 14.1. The summed E-state index contributed by atoms with van der Waals surface area (Å²) >= 11 is 6.17. The Kier molecular flexibility index (Phi) is 5.21. The van der Waals surface area contributed by atoms with Crippen LogP contribution in [0.3, 0.4) is 0 Å². The zero-order chi connectivity index (χ0) is 16.9. The number of hydrazone groups is 1. The van der Waals surface area contributed by atoms with Gasteiger partial charge >= 0.3 is 0 Å². The summed E-state index contributed by atoms with van der Waals surface area (Å²) < 4.78 is 2.37. The topological polar surface area (TPSA) is 29.3 Å². The zero-order valence-corrected chi connectivity index (χ0v) is 14.8. The lowest BCUT2D eigenvalue weighted by Crippen LogP contribution is -2.06. The molecule has 0 amide bonds. The van der Waals surface area contributed by atoms with E-state index in [9.17, 15) is 0 Å². The first-order valence-electron chi connectivity index (χ1n) is 8.29. The molecule has 1 heterocycles. The van der Waals surface area contributed by atoms with Crippen LogP contribution in [0.15, 0.2) is 53.6 Å². The lowest BCUT2D eigenvalue weighted by Gasteiger charge is -2.05. The summed E-state index contributed by atoms with van der Waals surface area (Å²) in [5.74, 6) is 0. The lowest BCUT2D eigenvalue weighted by atomic mass is 10.1. The Labute approximate surface area is 147 Å². The fourth-order valence-corrected chi connectivity index (χ4v) is 3.22. The van der Waals surface area contributed by atoms with E-state index >= 15 is 0 Å². The third-order valence-corrected chi connectivity index (χ3v) is 4.61. The van der Waals surface area contributed by atoms with Gasteiger partial charge in [-0.2, -0.15) is 5.10 Å². The first kappa shape index (κ1) is 16.6. The van der Waals surface area contributed by atoms with Gasteiger partial charge in [-0.1, -0.05) is 54.9 Å². The number of aryl methyl sites for hydroxylation is 1. The van der Waals surface area contributed by atoms with Crippen LogP contribution >= 0.6 is 11.6 Å². The molecule has 3 nitrogen and oxygen atoms in total. The molecule has 1 N–H and O–H groups in total. The Balaban J connectivity index is 1.82. The third-order valence-electron chi connectivity index (χ3n) is 4.24. The Morgan fingerprint density at radius 3 is 2.67 bits per heavy atom. The first-order valence-corrected chi connectivity index (χ1v) is 8.67. The number of nitrogens with one attached hydrogen (secondary N) is 1. The highest BCUT2D eigenvalue weighted by Crippen LogP contribution is 2.24. The molecule has 0 fully saturated rings. The third kappa shape index (κ3) is 3.31. The molecule has 3 aromatic rings. The van der Waals surface area contributed by atoms with Crippen LogP contribution in [0.4, 0.5) is 0 Å². The van der Waals surface area contributed by atoms with Gasteiger partial charge < -0.3 is 9.99 Å². The number of fused-ring (bicyclic) bond motifs is 1. The smallest absolute Gasteiger partial charge is 0.0594 e. The van der Waals surface area contributed by atoms with E-state index in [4.69, 9.17) is 11.6 Å². The van der Waals surface area contributed by atoms with Crippen LogP contribution in [0.25, 0.3) is 10.9 Å². The monoisotopic (exact) mass is 339 g/mol. The molecule has 124 valence electrons. The molecule has 0 radical (unpaired) electrons. The second-order valence-electron chi connectivity index (χ2n) is 5.85. The fourth-order valence-electron chi connectivity index (χ4n) is 3.02. The SMILES string of the molecule is CCCn1c(C)c(/C=N\NCc2ccccc2Cl)c2ccccc21. The van der Waals surface area contributed by atoms with Gasteiger partial charge in [0.25, 0.3) is 0 Å². The molecule has 0 bridgehead atoms. The van der Waals surface area contributed by atoms with E-state index in [1.807, 2.05) is 30.5 Å². The maximum absolute atomic E-state index is 6.17. The number of benzene rings is 2. The van der Waals surface area contributed by atoms with Crippen LogP contribution in [0, 0.1) is 6.92 Å². The van der Waals surface area contributed by atoms with Gasteiger partial charge in [0.05, 0.1) is 12.8 Å². The molecule has 0 aliphatic carbocycles. The summed E-state index contributed by atoms with van der Waals surface area (Å²) in [5.41, 5.74) is 7.83. The Morgan fingerprint density at radius 1 is 1.12 bits per heavy atom. The van der Waals surface area contributed by atoms with E-state index in [2.05, 4.69) is 53.2 Å². The molecule has 0 spiro atoms. The minimum Gasteiger partial charge on any atom is -0.344 e. The van der Waals surface area contributed by atoms with Crippen LogP contribution < -0.4 is 5.43 Å². The quantitative estimate of drug-likeness (QED) is 0.489. The predicted molar refractivity (Wildman–Crippen MR) is 103 cm³/mol. The summed E-state index contributed by atoms with van der Waals surface area (Å²) in [6.07, 6.45) is 3.03. The lowest BCUT2D eigenvalue weighted by molar-refractivity contribution is 0.685. The standard InChI is InChI=1S/C20H22ClN3/c1-3-12-24-15(2)18(17-9-5-7-11-20(17)24)14-23-22-13-16-8-4-6-10-19(16)21/h4-11,14,22H,3,12-13H2,1-2H3/b23-14-. The van der Waals surface area contributed by atoms with Crippen LogP contribution in [0.2, 0.25) is 5.02 Å². The van der Waals surface area contributed by atoms with Gasteiger partial charge in [-0.3, -0.25) is 0 Å². The maximum atomic E-state index is 6.17. The van der Waals surface area contributed by atoms with Crippen LogP contribution in [-0.4, -0.2) is 10.8 Å².